The average molecular weight is 258 g/mol. The minimum Gasteiger partial charge on any atom is -0.299 e. The van der Waals surface area contributed by atoms with Gasteiger partial charge in [0.2, 0.25) is 0 Å². The molecule has 0 bridgehead atoms. The molecule has 1 heteroatoms. The van der Waals surface area contributed by atoms with Gasteiger partial charge in [-0.15, -0.1) is 0 Å². The van der Waals surface area contributed by atoms with Gasteiger partial charge in [0.05, 0.1) is 0 Å². The van der Waals surface area contributed by atoms with Crippen LogP contribution in [0.15, 0.2) is 24.3 Å². The molecule has 104 valence electrons. The molecule has 1 aromatic rings. The molecule has 0 aliphatic heterocycles. The number of unbranched alkanes of at least 4 members (excludes halogenated alkanes) is 2. The van der Waals surface area contributed by atoms with E-state index in [-0.39, 0.29) is 5.92 Å². The lowest BCUT2D eigenvalue weighted by Gasteiger charge is -2.26. The molecule has 0 amide bonds. The summed E-state index contributed by atoms with van der Waals surface area (Å²) < 4.78 is 0. The van der Waals surface area contributed by atoms with E-state index in [0.29, 0.717) is 11.7 Å². The Balaban J connectivity index is 1.99. The molecule has 0 saturated heterocycles. The summed E-state index contributed by atoms with van der Waals surface area (Å²) in [5.74, 6) is 1.29. The first-order valence-corrected chi connectivity index (χ1v) is 7.82. The molecule has 0 radical (unpaired) electrons. The molecule has 1 aromatic carbocycles. The normalized spacial score (nSPS) is 23.6. The molecule has 1 fully saturated rings. The smallest absolute Gasteiger partial charge is 0.140 e. The van der Waals surface area contributed by atoms with Crippen molar-refractivity contribution in [2.24, 2.45) is 5.92 Å². The molecular formula is C18H26O. The maximum Gasteiger partial charge on any atom is 0.140 e. The molecule has 1 aliphatic carbocycles. The van der Waals surface area contributed by atoms with Crippen molar-refractivity contribution in [1.29, 1.82) is 0 Å². The van der Waals surface area contributed by atoms with E-state index >= 15 is 0 Å². The van der Waals surface area contributed by atoms with Gasteiger partial charge in [-0.05, 0) is 42.7 Å². The summed E-state index contributed by atoms with van der Waals surface area (Å²) in [5.41, 5.74) is 2.64. The Labute approximate surface area is 117 Å². The van der Waals surface area contributed by atoms with E-state index in [0.717, 1.165) is 19.3 Å². The molecule has 2 unspecified atom stereocenters. The highest BCUT2D eigenvalue weighted by molar-refractivity contribution is 5.86. The molecule has 0 spiro atoms. The molecule has 0 heterocycles. The number of ketones is 1. The zero-order chi connectivity index (χ0) is 13.7. The Morgan fingerprint density at radius 3 is 2.58 bits per heavy atom. The second-order valence-corrected chi connectivity index (χ2v) is 6.10. The molecule has 19 heavy (non-hydrogen) atoms. The maximum absolute atomic E-state index is 12.0. The van der Waals surface area contributed by atoms with Crippen LogP contribution in [0.1, 0.15) is 69.4 Å². The Bertz CT molecular complexity index is 404. The fourth-order valence-corrected chi connectivity index (χ4v) is 3.03. The van der Waals surface area contributed by atoms with Crippen LogP contribution in [0.5, 0.6) is 0 Å². The SMILES string of the molecule is CCCCCc1ccc(C2CC(C)CCC2=O)cc1. The molecule has 2 rings (SSSR count). The van der Waals surface area contributed by atoms with Gasteiger partial charge in [0, 0.05) is 12.3 Å². The van der Waals surface area contributed by atoms with Gasteiger partial charge in [-0.2, -0.15) is 0 Å². The second kappa shape index (κ2) is 6.88. The predicted octanol–water partition coefficient (Wildman–Crippen LogP) is 4.89. The first-order valence-electron chi connectivity index (χ1n) is 7.82. The minimum absolute atomic E-state index is 0.161. The van der Waals surface area contributed by atoms with Gasteiger partial charge in [0.25, 0.3) is 0 Å². The lowest BCUT2D eigenvalue weighted by Crippen LogP contribution is -2.21. The van der Waals surface area contributed by atoms with Gasteiger partial charge in [-0.25, -0.2) is 0 Å². The summed E-state index contributed by atoms with van der Waals surface area (Å²) >= 11 is 0. The van der Waals surface area contributed by atoms with Crippen molar-refractivity contribution in [2.75, 3.05) is 0 Å². The van der Waals surface area contributed by atoms with E-state index in [4.69, 9.17) is 0 Å². The average Bonchev–Trinajstić information content (AvgIpc) is 2.43. The van der Waals surface area contributed by atoms with Crippen LogP contribution in [0.2, 0.25) is 0 Å². The third-order valence-corrected chi connectivity index (χ3v) is 4.36. The van der Waals surface area contributed by atoms with E-state index in [1.165, 1.54) is 36.8 Å². The largest absolute Gasteiger partial charge is 0.299 e. The summed E-state index contributed by atoms with van der Waals surface area (Å²) in [6.07, 6.45) is 7.90. The lowest BCUT2D eigenvalue weighted by atomic mass is 9.78. The number of Topliss-reactive ketones (excluding diaryl/α,β-unsaturated/α-hetero) is 1. The summed E-state index contributed by atoms with van der Waals surface area (Å²) in [5, 5.41) is 0. The van der Waals surface area contributed by atoms with Gasteiger partial charge in [-0.3, -0.25) is 4.79 Å². The highest BCUT2D eigenvalue weighted by atomic mass is 16.1. The number of hydrogen-bond donors (Lipinski definition) is 0. The van der Waals surface area contributed by atoms with E-state index < -0.39 is 0 Å². The van der Waals surface area contributed by atoms with E-state index in [1.807, 2.05) is 0 Å². The summed E-state index contributed by atoms with van der Waals surface area (Å²) in [4.78, 5) is 12.0. The van der Waals surface area contributed by atoms with E-state index in [2.05, 4.69) is 38.1 Å². The van der Waals surface area contributed by atoms with Crippen molar-refractivity contribution in [3.63, 3.8) is 0 Å². The molecule has 2 atom stereocenters. The van der Waals surface area contributed by atoms with Crippen LogP contribution in [0.25, 0.3) is 0 Å². The second-order valence-electron chi connectivity index (χ2n) is 6.10. The number of carbonyl (C=O) groups excluding carboxylic acids is 1. The number of hydrogen-bond acceptors (Lipinski definition) is 1. The van der Waals surface area contributed by atoms with Gasteiger partial charge in [0.15, 0.2) is 0 Å². The first-order chi connectivity index (χ1) is 9.20. The van der Waals surface area contributed by atoms with Crippen molar-refractivity contribution in [2.45, 2.75) is 64.7 Å². The van der Waals surface area contributed by atoms with E-state index in [9.17, 15) is 4.79 Å². The van der Waals surface area contributed by atoms with Crippen LogP contribution < -0.4 is 0 Å². The zero-order valence-electron chi connectivity index (χ0n) is 12.3. The summed E-state index contributed by atoms with van der Waals surface area (Å²) in [6.45, 7) is 4.50. The van der Waals surface area contributed by atoms with Crippen molar-refractivity contribution < 1.29 is 4.79 Å². The van der Waals surface area contributed by atoms with E-state index in [1.54, 1.807) is 0 Å². The first kappa shape index (κ1) is 14.3. The van der Waals surface area contributed by atoms with Crippen LogP contribution in [0.3, 0.4) is 0 Å². The molecule has 1 nitrogen and oxygen atoms in total. The molecule has 1 saturated carbocycles. The molecule has 0 N–H and O–H groups in total. The van der Waals surface area contributed by atoms with Gasteiger partial charge in [0.1, 0.15) is 5.78 Å². The Hall–Kier alpha value is -1.11. The van der Waals surface area contributed by atoms with Crippen LogP contribution in [-0.2, 0) is 11.2 Å². The number of benzene rings is 1. The third kappa shape index (κ3) is 3.92. The minimum atomic E-state index is 0.161. The molecule has 0 aromatic heterocycles. The number of aryl methyl sites for hydroxylation is 1. The zero-order valence-corrected chi connectivity index (χ0v) is 12.3. The van der Waals surface area contributed by atoms with Crippen molar-refractivity contribution in [1.82, 2.24) is 0 Å². The monoisotopic (exact) mass is 258 g/mol. The number of carbonyl (C=O) groups is 1. The maximum atomic E-state index is 12.0. The fourth-order valence-electron chi connectivity index (χ4n) is 3.03. The van der Waals surface area contributed by atoms with Crippen LogP contribution in [0, 0.1) is 5.92 Å². The van der Waals surface area contributed by atoms with Crippen LogP contribution >= 0.6 is 0 Å². The van der Waals surface area contributed by atoms with Crippen molar-refractivity contribution >= 4 is 5.78 Å². The standard InChI is InChI=1S/C18H26O/c1-3-4-5-6-15-8-10-16(11-9-15)17-13-14(2)7-12-18(17)19/h8-11,14,17H,3-7,12-13H2,1-2H3. The van der Waals surface area contributed by atoms with Gasteiger partial charge >= 0.3 is 0 Å². The Kier molecular flexibility index (Phi) is 5.18. The molecule has 1 aliphatic rings. The summed E-state index contributed by atoms with van der Waals surface area (Å²) in [7, 11) is 0. The number of rotatable bonds is 5. The highest BCUT2D eigenvalue weighted by Gasteiger charge is 2.27. The summed E-state index contributed by atoms with van der Waals surface area (Å²) in [6, 6.07) is 8.80. The third-order valence-electron chi connectivity index (χ3n) is 4.36. The quantitative estimate of drug-likeness (QED) is 0.687. The van der Waals surface area contributed by atoms with Crippen LogP contribution in [-0.4, -0.2) is 5.78 Å². The van der Waals surface area contributed by atoms with Crippen molar-refractivity contribution in [3.05, 3.63) is 35.4 Å². The fraction of sp³-hybridized carbons (Fsp3) is 0.611. The Morgan fingerprint density at radius 2 is 1.89 bits per heavy atom. The van der Waals surface area contributed by atoms with Crippen LogP contribution in [0.4, 0.5) is 0 Å². The lowest BCUT2D eigenvalue weighted by molar-refractivity contribution is -0.122. The van der Waals surface area contributed by atoms with Gasteiger partial charge < -0.3 is 0 Å². The predicted molar refractivity (Wildman–Crippen MR) is 80.4 cm³/mol. The topological polar surface area (TPSA) is 17.1 Å². The Morgan fingerprint density at radius 1 is 1.16 bits per heavy atom. The van der Waals surface area contributed by atoms with Crippen molar-refractivity contribution in [3.8, 4) is 0 Å². The van der Waals surface area contributed by atoms with Gasteiger partial charge in [-0.1, -0.05) is 51.0 Å². The highest BCUT2D eigenvalue weighted by Crippen LogP contribution is 2.33. The molecular weight excluding hydrogens is 232 g/mol.